The fraction of sp³-hybridized carbons (Fsp3) is 0.118. The third-order valence-corrected chi connectivity index (χ3v) is 14.4. The molecule has 4 heteroatoms. The minimum absolute atomic E-state index is 0.570. The molecule has 72 heavy (non-hydrogen) atoms. The molecular formula is C68H54N4. The Labute approximate surface area is 421 Å². The van der Waals surface area contributed by atoms with Crippen molar-refractivity contribution in [2.45, 2.75) is 55.4 Å². The minimum Gasteiger partial charge on any atom is -0.308 e. The van der Waals surface area contributed by atoms with Crippen LogP contribution in [0.25, 0.3) is 111 Å². The van der Waals surface area contributed by atoms with Gasteiger partial charge in [-0.3, -0.25) is 4.98 Å². The number of rotatable bonds is 7. The van der Waals surface area contributed by atoms with E-state index in [0.717, 1.165) is 88.4 Å². The smallest absolute Gasteiger partial charge is 0.0993 e. The van der Waals surface area contributed by atoms with Crippen molar-refractivity contribution in [2.75, 3.05) is 0 Å². The molecule has 0 spiro atoms. The van der Waals surface area contributed by atoms with Crippen LogP contribution in [0.1, 0.15) is 50.1 Å². The highest BCUT2D eigenvalue weighted by atomic mass is 15.0. The average Bonchev–Trinajstić information content (AvgIpc) is 3.86. The quantitative estimate of drug-likeness (QED) is 0.160. The first-order valence-corrected chi connectivity index (χ1v) is 24.9. The van der Waals surface area contributed by atoms with Crippen molar-refractivity contribution >= 4 is 43.6 Å². The maximum Gasteiger partial charge on any atom is 0.0993 e. The summed E-state index contributed by atoms with van der Waals surface area (Å²) in [6, 6.07) is 65.7. The Bertz CT molecular complexity index is 3700. The molecule has 0 aliphatic heterocycles. The van der Waals surface area contributed by atoms with Gasteiger partial charge in [0, 0.05) is 39.5 Å². The van der Waals surface area contributed by atoms with E-state index in [9.17, 15) is 5.26 Å². The molecule has 0 saturated heterocycles. The molecule has 0 amide bonds. The summed E-state index contributed by atoms with van der Waals surface area (Å²) in [7, 11) is 0. The Hall–Kier alpha value is -8.78. The Kier molecular flexibility index (Phi) is 10.7. The van der Waals surface area contributed by atoms with Crippen LogP contribution in [0.5, 0.6) is 0 Å². The number of aryl methyl sites for hydroxylation is 8. The van der Waals surface area contributed by atoms with Gasteiger partial charge in [-0.25, -0.2) is 0 Å². The summed E-state index contributed by atoms with van der Waals surface area (Å²) in [6.45, 7) is 17.4. The van der Waals surface area contributed by atoms with Crippen LogP contribution in [-0.2, 0) is 0 Å². The van der Waals surface area contributed by atoms with Gasteiger partial charge in [0.25, 0.3) is 0 Å². The maximum atomic E-state index is 11.1. The first-order valence-electron chi connectivity index (χ1n) is 24.9. The highest BCUT2D eigenvalue weighted by Gasteiger charge is 2.25. The molecule has 0 aliphatic rings. The van der Waals surface area contributed by atoms with E-state index in [-0.39, 0.29) is 0 Å². The van der Waals surface area contributed by atoms with Crippen LogP contribution in [0, 0.1) is 66.7 Å². The van der Waals surface area contributed by atoms with E-state index in [2.05, 4.69) is 245 Å². The third kappa shape index (κ3) is 7.75. The summed E-state index contributed by atoms with van der Waals surface area (Å²) < 4.78 is 4.79. The lowest BCUT2D eigenvalue weighted by Crippen LogP contribution is -2.05. The largest absolute Gasteiger partial charge is 0.308 e. The van der Waals surface area contributed by atoms with Gasteiger partial charge in [0.05, 0.1) is 45.1 Å². The molecule has 0 unspecified atom stereocenters. The van der Waals surface area contributed by atoms with Crippen molar-refractivity contribution in [3.05, 3.63) is 232 Å². The predicted molar refractivity (Wildman–Crippen MR) is 303 cm³/mol. The Morgan fingerprint density at radius 2 is 0.583 bits per heavy atom. The van der Waals surface area contributed by atoms with Crippen molar-refractivity contribution in [1.82, 2.24) is 14.1 Å². The average molecular weight is 927 g/mol. The Balaban J connectivity index is 1.19. The molecule has 0 atom stereocenters. The fourth-order valence-corrected chi connectivity index (χ4v) is 11.7. The van der Waals surface area contributed by atoms with Crippen LogP contribution in [0.15, 0.2) is 182 Å². The molecule has 0 fully saturated rings. The number of benzene rings is 9. The summed E-state index contributed by atoms with van der Waals surface area (Å²) in [5.74, 6) is 0. The van der Waals surface area contributed by atoms with Crippen molar-refractivity contribution in [3.63, 3.8) is 0 Å². The number of aromatic nitrogens is 3. The molecular weight excluding hydrogens is 873 g/mol. The van der Waals surface area contributed by atoms with Gasteiger partial charge in [-0.2, -0.15) is 5.26 Å². The van der Waals surface area contributed by atoms with Gasteiger partial charge in [-0.05, 0) is 178 Å². The molecule has 9 aromatic carbocycles. The molecule has 346 valence electrons. The number of pyridine rings is 1. The van der Waals surface area contributed by atoms with Crippen molar-refractivity contribution in [1.29, 1.82) is 5.26 Å². The monoisotopic (exact) mass is 926 g/mol. The second-order valence-corrected chi connectivity index (χ2v) is 20.3. The summed E-state index contributed by atoms with van der Waals surface area (Å²) in [5, 5.41) is 15.7. The van der Waals surface area contributed by atoms with Crippen molar-refractivity contribution < 1.29 is 0 Å². The normalized spacial score (nSPS) is 11.6. The number of fused-ring (bicyclic) bond motifs is 6. The second-order valence-electron chi connectivity index (χ2n) is 20.3. The summed E-state index contributed by atoms with van der Waals surface area (Å²) in [5.41, 5.74) is 28.0. The number of hydrogen-bond donors (Lipinski definition) is 0. The first kappa shape index (κ1) is 44.4. The van der Waals surface area contributed by atoms with Gasteiger partial charge in [0.15, 0.2) is 0 Å². The summed E-state index contributed by atoms with van der Waals surface area (Å²) in [6.07, 6.45) is 3.74. The number of hydrogen-bond acceptors (Lipinski definition) is 2. The van der Waals surface area contributed by atoms with Gasteiger partial charge in [-0.1, -0.05) is 142 Å². The molecule has 3 aromatic heterocycles. The Morgan fingerprint density at radius 1 is 0.306 bits per heavy atom. The highest BCUT2D eigenvalue weighted by molar-refractivity contribution is 6.14. The SMILES string of the molecule is Cc1cc(C)cc(-c2ccc3c(c2)c2cc(-c4cc(C)cc(C)c4)ccc2n3-c2cc(C#N)cc(-n3c4ccc(-c5cc(C)cc(C)c5)cc4c4cc(-c5cc(C)cc(C)c5)ccc43)c2-c2ccncc2)c1. The molecule has 0 saturated carbocycles. The van der Waals surface area contributed by atoms with E-state index >= 15 is 0 Å². The van der Waals surface area contributed by atoms with Gasteiger partial charge < -0.3 is 9.13 Å². The second kappa shape index (κ2) is 17.3. The van der Waals surface area contributed by atoms with Crippen LogP contribution in [0.4, 0.5) is 0 Å². The molecule has 0 radical (unpaired) electrons. The van der Waals surface area contributed by atoms with Crippen LogP contribution in [0.3, 0.4) is 0 Å². The van der Waals surface area contributed by atoms with E-state index in [1.54, 1.807) is 0 Å². The van der Waals surface area contributed by atoms with E-state index < -0.39 is 0 Å². The van der Waals surface area contributed by atoms with Gasteiger partial charge >= 0.3 is 0 Å². The topological polar surface area (TPSA) is 46.5 Å². The van der Waals surface area contributed by atoms with E-state index in [1.165, 1.54) is 66.8 Å². The predicted octanol–water partition coefficient (Wildman–Crippen LogP) is 17.9. The van der Waals surface area contributed by atoms with E-state index in [0.29, 0.717) is 5.56 Å². The van der Waals surface area contributed by atoms with Crippen molar-refractivity contribution in [2.24, 2.45) is 0 Å². The lowest BCUT2D eigenvalue weighted by Gasteiger charge is -2.21. The number of nitriles is 1. The molecule has 0 N–H and O–H groups in total. The van der Waals surface area contributed by atoms with Crippen molar-refractivity contribution in [3.8, 4) is 73.1 Å². The van der Waals surface area contributed by atoms with Gasteiger partial charge in [0.1, 0.15) is 0 Å². The third-order valence-electron chi connectivity index (χ3n) is 14.4. The zero-order valence-electron chi connectivity index (χ0n) is 42.1. The van der Waals surface area contributed by atoms with E-state index in [1.807, 2.05) is 12.4 Å². The first-order chi connectivity index (χ1) is 34.8. The number of nitrogens with zero attached hydrogens (tertiary/aromatic N) is 4. The van der Waals surface area contributed by atoms with Gasteiger partial charge in [-0.15, -0.1) is 0 Å². The van der Waals surface area contributed by atoms with Crippen LogP contribution < -0.4 is 0 Å². The summed E-state index contributed by atoms with van der Waals surface area (Å²) >= 11 is 0. The molecule has 0 aliphatic carbocycles. The standard InChI is InChI=1S/C68H54N4/c1-40-21-41(2)26-54(25-40)50-9-13-62-58(35-50)59-36-51(55-27-42(3)22-43(4)28-55)10-14-63(59)71(62)66-33-48(39-69)34-67(68(66)49-17-19-70-20-18-49)72-64-15-11-52(56-29-44(5)23-45(6)30-56)37-60(64)61-38-53(12-16-65(61)72)57-31-46(7)24-47(8)32-57/h9-38H,1-8H3. The zero-order chi connectivity index (χ0) is 49.5. The molecule has 12 aromatic rings. The molecule has 4 nitrogen and oxygen atoms in total. The zero-order valence-corrected chi connectivity index (χ0v) is 42.1. The van der Waals surface area contributed by atoms with Crippen LogP contribution in [0.2, 0.25) is 0 Å². The molecule has 0 bridgehead atoms. The van der Waals surface area contributed by atoms with Crippen LogP contribution in [-0.4, -0.2) is 14.1 Å². The summed E-state index contributed by atoms with van der Waals surface area (Å²) in [4.78, 5) is 4.53. The molecule has 3 heterocycles. The van der Waals surface area contributed by atoms with E-state index in [4.69, 9.17) is 0 Å². The lowest BCUT2D eigenvalue weighted by molar-refractivity contribution is 1.13. The highest BCUT2D eigenvalue weighted by Crippen LogP contribution is 2.45. The lowest BCUT2D eigenvalue weighted by atomic mass is 9.97. The Morgan fingerprint density at radius 3 is 0.847 bits per heavy atom. The molecule has 12 rings (SSSR count). The van der Waals surface area contributed by atoms with Crippen LogP contribution >= 0.6 is 0 Å². The fourth-order valence-electron chi connectivity index (χ4n) is 11.7. The maximum absolute atomic E-state index is 11.1. The minimum atomic E-state index is 0.570. The van der Waals surface area contributed by atoms with Gasteiger partial charge in [0.2, 0.25) is 0 Å².